The number of benzene rings is 2. The van der Waals surface area contributed by atoms with Crippen LogP contribution >= 0.6 is 0 Å². The van der Waals surface area contributed by atoms with Gasteiger partial charge in [0.2, 0.25) is 5.91 Å². The fourth-order valence-electron chi connectivity index (χ4n) is 5.61. The average molecular weight is 470 g/mol. The topological polar surface area (TPSA) is 121 Å². The SMILES string of the molecule is COc1ccc2c(c1)[C@]1(C[C@H]1c1ccc3c(Nc4nccc5c4OC[C@@H]5CO)n[nH]c3c1)C(=O)N2. The van der Waals surface area contributed by atoms with Crippen molar-refractivity contribution in [2.24, 2.45) is 0 Å². The molecule has 2 aliphatic heterocycles. The van der Waals surface area contributed by atoms with Gasteiger partial charge in [0.05, 0.1) is 31.3 Å². The van der Waals surface area contributed by atoms with Gasteiger partial charge in [-0.15, -0.1) is 0 Å². The molecular weight excluding hydrogens is 446 g/mol. The number of amides is 1. The summed E-state index contributed by atoms with van der Waals surface area (Å²) in [6.07, 6.45) is 2.46. The first-order valence-corrected chi connectivity index (χ1v) is 11.6. The number of aromatic nitrogens is 3. The molecule has 0 unspecified atom stereocenters. The van der Waals surface area contributed by atoms with Gasteiger partial charge in [-0.2, -0.15) is 5.10 Å². The minimum atomic E-state index is -0.548. The van der Waals surface area contributed by atoms with Crippen LogP contribution in [0.15, 0.2) is 48.7 Å². The molecule has 3 aliphatic rings. The normalized spacial score (nSPS) is 23.7. The van der Waals surface area contributed by atoms with Crippen molar-refractivity contribution in [1.29, 1.82) is 0 Å². The van der Waals surface area contributed by atoms with Crippen LogP contribution in [0.25, 0.3) is 10.9 Å². The number of hydrogen-bond acceptors (Lipinski definition) is 7. The number of carbonyl (C=O) groups is 1. The molecule has 1 saturated carbocycles. The lowest BCUT2D eigenvalue weighted by molar-refractivity contribution is -0.118. The number of nitrogens with zero attached hydrogens (tertiary/aromatic N) is 2. The quantitative estimate of drug-likeness (QED) is 0.353. The number of aromatic amines is 1. The summed E-state index contributed by atoms with van der Waals surface area (Å²) < 4.78 is 11.2. The molecule has 2 aromatic carbocycles. The number of aliphatic hydroxyl groups excluding tert-OH is 1. The number of carbonyl (C=O) groups excluding carboxylic acids is 1. The van der Waals surface area contributed by atoms with Gasteiger partial charge in [0.25, 0.3) is 0 Å². The lowest BCUT2D eigenvalue weighted by Gasteiger charge is -2.10. The van der Waals surface area contributed by atoms with Crippen molar-refractivity contribution in [1.82, 2.24) is 15.2 Å². The summed E-state index contributed by atoms with van der Waals surface area (Å²) in [6.45, 7) is 0.463. The Kier molecular flexibility index (Phi) is 4.17. The molecule has 35 heavy (non-hydrogen) atoms. The Labute approximate surface area is 200 Å². The van der Waals surface area contributed by atoms with E-state index in [0.717, 1.165) is 45.5 Å². The van der Waals surface area contributed by atoms with E-state index in [-0.39, 0.29) is 24.3 Å². The van der Waals surface area contributed by atoms with Gasteiger partial charge in [-0.05, 0) is 53.9 Å². The summed E-state index contributed by atoms with van der Waals surface area (Å²) in [6, 6.07) is 13.8. The number of pyridine rings is 1. The number of anilines is 3. The minimum absolute atomic E-state index is 0.0303. The van der Waals surface area contributed by atoms with Crippen molar-refractivity contribution in [3.63, 3.8) is 0 Å². The van der Waals surface area contributed by atoms with Gasteiger partial charge in [-0.3, -0.25) is 9.89 Å². The molecule has 4 aromatic rings. The molecule has 4 heterocycles. The van der Waals surface area contributed by atoms with E-state index in [2.05, 4.69) is 37.9 Å². The van der Waals surface area contributed by atoms with Gasteiger partial charge in [-0.1, -0.05) is 6.07 Å². The molecule has 0 bridgehead atoms. The zero-order chi connectivity index (χ0) is 23.7. The highest BCUT2D eigenvalue weighted by atomic mass is 16.5. The van der Waals surface area contributed by atoms with Crippen molar-refractivity contribution in [3.05, 3.63) is 65.4 Å². The van der Waals surface area contributed by atoms with Crippen LogP contribution < -0.4 is 20.1 Å². The van der Waals surface area contributed by atoms with Crippen molar-refractivity contribution in [2.75, 3.05) is 31.0 Å². The first kappa shape index (κ1) is 20.3. The van der Waals surface area contributed by atoms with Crippen LogP contribution in [0.4, 0.5) is 17.3 Å². The van der Waals surface area contributed by atoms with Crippen molar-refractivity contribution >= 4 is 34.1 Å². The standard InChI is InChI=1S/C26H23N5O4/c1-34-15-3-5-20-18(9-15)26(25(33)28-20)10-19(26)13-2-4-17-21(8-13)30-31-23(17)29-24-22-16(6-7-27-24)14(11-32)12-35-22/h2-9,14,19,32H,10-12H2,1H3,(H,28,33)(H2,27,29,30,31)/t14-,19-,26-/m0/s1. The highest BCUT2D eigenvalue weighted by molar-refractivity contribution is 6.10. The van der Waals surface area contributed by atoms with E-state index < -0.39 is 5.41 Å². The van der Waals surface area contributed by atoms with E-state index >= 15 is 0 Å². The lowest BCUT2D eigenvalue weighted by atomic mass is 9.91. The van der Waals surface area contributed by atoms with E-state index in [4.69, 9.17) is 9.47 Å². The monoisotopic (exact) mass is 469 g/mol. The number of nitrogens with one attached hydrogen (secondary N) is 3. The first-order valence-electron chi connectivity index (χ1n) is 11.6. The zero-order valence-corrected chi connectivity index (χ0v) is 19.0. The molecular formula is C26H23N5O4. The number of hydrogen-bond donors (Lipinski definition) is 4. The smallest absolute Gasteiger partial charge is 0.235 e. The molecule has 1 fully saturated rings. The number of H-pyrrole nitrogens is 1. The molecule has 1 spiro atoms. The maximum atomic E-state index is 13.0. The molecule has 3 atom stereocenters. The third-order valence-corrected chi connectivity index (χ3v) is 7.57. The van der Waals surface area contributed by atoms with Crippen LogP contribution in [0, 0.1) is 0 Å². The van der Waals surface area contributed by atoms with Crippen LogP contribution in [0.3, 0.4) is 0 Å². The Morgan fingerprint density at radius 1 is 1.23 bits per heavy atom. The summed E-state index contributed by atoms with van der Waals surface area (Å²) in [7, 11) is 1.64. The summed E-state index contributed by atoms with van der Waals surface area (Å²) >= 11 is 0. The van der Waals surface area contributed by atoms with Gasteiger partial charge in [0, 0.05) is 34.7 Å². The Morgan fingerprint density at radius 2 is 2.14 bits per heavy atom. The lowest BCUT2D eigenvalue weighted by Crippen LogP contribution is -2.21. The highest BCUT2D eigenvalue weighted by Gasteiger charge is 2.65. The van der Waals surface area contributed by atoms with E-state index in [9.17, 15) is 9.90 Å². The van der Waals surface area contributed by atoms with Crippen LogP contribution in [0.1, 0.15) is 34.9 Å². The molecule has 9 nitrogen and oxygen atoms in total. The van der Waals surface area contributed by atoms with Crippen LogP contribution in [-0.4, -0.2) is 46.5 Å². The second-order valence-electron chi connectivity index (χ2n) is 9.36. The van der Waals surface area contributed by atoms with Gasteiger partial charge in [-0.25, -0.2) is 4.98 Å². The molecule has 1 aliphatic carbocycles. The van der Waals surface area contributed by atoms with Gasteiger partial charge in [0.15, 0.2) is 17.4 Å². The van der Waals surface area contributed by atoms with Crippen molar-refractivity contribution in [2.45, 2.75) is 23.7 Å². The van der Waals surface area contributed by atoms with Crippen LogP contribution in [-0.2, 0) is 10.2 Å². The van der Waals surface area contributed by atoms with Crippen LogP contribution in [0.2, 0.25) is 0 Å². The third kappa shape index (κ3) is 2.81. The van der Waals surface area contributed by atoms with Crippen molar-refractivity contribution < 1.29 is 19.4 Å². The second-order valence-corrected chi connectivity index (χ2v) is 9.36. The highest BCUT2D eigenvalue weighted by Crippen LogP contribution is 2.65. The Hall–Kier alpha value is -4.11. The molecule has 0 radical (unpaired) electrons. The first-order chi connectivity index (χ1) is 17.1. The minimum Gasteiger partial charge on any atom is -0.497 e. The summed E-state index contributed by atoms with van der Waals surface area (Å²) in [5.74, 6) is 2.70. The predicted molar refractivity (Wildman–Crippen MR) is 130 cm³/mol. The number of aliphatic hydroxyl groups is 1. The molecule has 9 heteroatoms. The predicted octanol–water partition coefficient (Wildman–Crippen LogP) is 3.56. The maximum Gasteiger partial charge on any atom is 0.235 e. The van der Waals surface area contributed by atoms with Gasteiger partial charge < -0.3 is 25.2 Å². The third-order valence-electron chi connectivity index (χ3n) is 7.57. The van der Waals surface area contributed by atoms with E-state index in [1.54, 1.807) is 13.3 Å². The molecule has 0 saturated heterocycles. The Bertz CT molecular complexity index is 1520. The van der Waals surface area contributed by atoms with E-state index in [1.807, 2.05) is 30.3 Å². The Balaban J connectivity index is 1.20. The summed E-state index contributed by atoms with van der Waals surface area (Å²) in [4.78, 5) is 17.4. The van der Waals surface area contributed by atoms with Gasteiger partial charge >= 0.3 is 0 Å². The molecule has 1 amide bonds. The number of fused-ring (bicyclic) bond motifs is 4. The molecule has 2 aromatic heterocycles. The fourth-order valence-corrected chi connectivity index (χ4v) is 5.61. The zero-order valence-electron chi connectivity index (χ0n) is 19.0. The average Bonchev–Trinajstić information content (AvgIpc) is 3.14. The van der Waals surface area contributed by atoms with Crippen LogP contribution in [0.5, 0.6) is 11.5 Å². The molecule has 7 rings (SSSR count). The fraction of sp³-hybridized carbons (Fsp3) is 0.269. The summed E-state index contributed by atoms with van der Waals surface area (Å²) in [5, 5.41) is 24.4. The number of rotatable bonds is 5. The molecule has 4 N–H and O–H groups in total. The van der Waals surface area contributed by atoms with Crippen molar-refractivity contribution in [3.8, 4) is 11.5 Å². The number of ether oxygens (including phenoxy) is 2. The Morgan fingerprint density at radius 3 is 3.00 bits per heavy atom. The van der Waals surface area contributed by atoms with Gasteiger partial charge in [0.1, 0.15) is 5.75 Å². The second kappa shape index (κ2) is 7.19. The van der Waals surface area contributed by atoms with E-state index in [0.29, 0.717) is 24.0 Å². The molecule has 176 valence electrons. The maximum absolute atomic E-state index is 13.0. The largest absolute Gasteiger partial charge is 0.497 e. The number of methoxy groups -OCH3 is 1. The van der Waals surface area contributed by atoms with E-state index in [1.165, 1.54) is 0 Å². The summed E-state index contributed by atoms with van der Waals surface area (Å²) in [5.41, 5.74) is 4.22.